The number of anilines is 1. The highest BCUT2D eigenvalue weighted by molar-refractivity contribution is 9.10. The number of nitrogen functional groups attached to an aromatic ring is 1. The van der Waals surface area contributed by atoms with Gasteiger partial charge in [0.05, 0.1) is 27.2 Å². The smallest absolute Gasteiger partial charge is 0.459 e. The fourth-order valence-corrected chi connectivity index (χ4v) is 5.95. The standard InChI is InChI=1S/C22H28BrN6O6P/c1-22(2,20(30)33-4)28-36(31,35-16-7-5-14(23)6-8-16)34-11-13-9-15(10-13)29-12-25-17-18(29)26-21(24)27-19(17)32-3/h5-8,12-13,15H,9-11H2,1-4H3,(H,28,31)(H2,24,26,27)/t13-,15+,36?. The van der Waals surface area contributed by atoms with Gasteiger partial charge in [0, 0.05) is 10.5 Å². The summed E-state index contributed by atoms with van der Waals surface area (Å²) >= 11 is 3.36. The van der Waals surface area contributed by atoms with Crippen LogP contribution in [0.5, 0.6) is 11.6 Å². The van der Waals surface area contributed by atoms with Gasteiger partial charge in [-0.25, -0.2) is 9.55 Å². The topological polar surface area (TPSA) is 153 Å². The second-order valence-corrected chi connectivity index (χ2v) is 11.5. The molecule has 0 amide bonds. The van der Waals surface area contributed by atoms with Crippen LogP contribution in [0.1, 0.15) is 32.7 Å². The lowest BCUT2D eigenvalue weighted by Crippen LogP contribution is -2.46. The Balaban J connectivity index is 1.45. The second-order valence-electron chi connectivity index (χ2n) is 8.97. The van der Waals surface area contributed by atoms with Crippen LogP contribution in [-0.2, 0) is 18.6 Å². The zero-order chi connectivity index (χ0) is 26.1. The Kier molecular flexibility index (Phi) is 7.56. The minimum absolute atomic E-state index is 0.0958. The molecule has 3 aromatic rings. The van der Waals surface area contributed by atoms with Crippen molar-refractivity contribution in [3.05, 3.63) is 35.1 Å². The number of hydrogen-bond acceptors (Lipinski definition) is 10. The van der Waals surface area contributed by atoms with E-state index in [2.05, 4.69) is 36.0 Å². The zero-order valence-corrected chi connectivity index (χ0v) is 22.8. The molecular formula is C22H28BrN6O6P. The SMILES string of the molecule is COC(=O)C(C)(C)NP(=O)(OC[C@H]1C[C@@H](n2cnc3c(OC)nc(N)nc32)C1)Oc1ccc(Br)cc1. The Bertz CT molecular complexity index is 1290. The number of ether oxygens (including phenoxy) is 2. The Hall–Kier alpha value is -2.73. The van der Waals surface area contributed by atoms with Crippen LogP contribution in [0.25, 0.3) is 11.2 Å². The Labute approximate surface area is 216 Å². The number of fused-ring (bicyclic) bond motifs is 1. The van der Waals surface area contributed by atoms with Crippen LogP contribution in [0.15, 0.2) is 35.1 Å². The molecule has 1 aromatic carbocycles. The molecule has 1 unspecified atom stereocenters. The van der Waals surface area contributed by atoms with Gasteiger partial charge in [0.2, 0.25) is 11.8 Å². The molecule has 1 aliphatic rings. The average Bonchev–Trinajstić information content (AvgIpc) is 3.21. The minimum atomic E-state index is -3.95. The number of hydrogen-bond donors (Lipinski definition) is 2. The summed E-state index contributed by atoms with van der Waals surface area (Å²) in [6.45, 7) is 3.25. The Morgan fingerprint density at radius 3 is 2.58 bits per heavy atom. The summed E-state index contributed by atoms with van der Waals surface area (Å²) in [4.78, 5) is 24.9. The van der Waals surface area contributed by atoms with E-state index < -0.39 is 19.3 Å². The van der Waals surface area contributed by atoms with Gasteiger partial charge in [-0.05, 0) is 56.9 Å². The molecule has 2 aromatic heterocycles. The number of benzene rings is 1. The second kappa shape index (κ2) is 10.3. The van der Waals surface area contributed by atoms with E-state index in [1.807, 2.05) is 4.57 Å². The van der Waals surface area contributed by atoms with Crippen LogP contribution >= 0.6 is 23.7 Å². The molecular weight excluding hydrogens is 555 g/mol. The number of methoxy groups -OCH3 is 2. The molecule has 14 heteroatoms. The normalized spacial score (nSPS) is 19.4. The van der Waals surface area contributed by atoms with Crippen molar-refractivity contribution in [1.29, 1.82) is 0 Å². The number of aromatic nitrogens is 4. The summed E-state index contributed by atoms with van der Waals surface area (Å²) in [7, 11) is -1.19. The van der Waals surface area contributed by atoms with Crippen molar-refractivity contribution in [3.8, 4) is 11.6 Å². The maximum Gasteiger partial charge on any atom is 0.459 e. The van der Waals surface area contributed by atoms with E-state index in [0.717, 1.165) is 17.3 Å². The molecule has 36 heavy (non-hydrogen) atoms. The van der Waals surface area contributed by atoms with Gasteiger partial charge in [-0.15, -0.1) is 0 Å². The highest BCUT2D eigenvalue weighted by Crippen LogP contribution is 2.49. The van der Waals surface area contributed by atoms with E-state index in [4.69, 9.17) is 24.3 Å². The largest absolute Gasteiger partial charge is 0.479 e. The van der Waals surface area contributed by atoms with Crippen LogP contribution < -0.4 is 20.1 Å². The van der Waals surface area contributed by atoms with Gasteiger partial charge in [-0.3, -0.25) is 9.32 Å². The molecule has 2 heterocycles. The number of carbonyl (C=O) groups is 1. The van der Waals surface area contributed by atoms with Crippen molar-refractivity contribution >= 4 is 46.8 Å². The number of halogens is 1. The first kappa shape index (κ1) is 26.3. The molecule has 3 N–H and O–H groups in total. The van der Waals surface area contributed by atoms with Gasteiger partial charge >= 0.3 is 13.7 Å². The van der Waals surface area contributed by atoms with Crippen molar-refractivity contribution in [1.82, 2.24) is 24.6 Å². The molecule has 1 atom stereocenters. The molecule has 1 fully saturated rings. The molecule has 0 radical (unpaired) electrons. The molecule has 4 rings (SSSR count). The number of imidazole rings is 1. The van der Waals surface area contributed by atoms with Gasteiger partial charge in [-0.2, -0.15) is 15.1 Å². The summed E-state index contributed by atoms with van der Waals surface area (Å²) in [6.07, 6.45) is 3.15. The van der Waals surface area contributed by atoms with E-state index >= 15 is 0 Å². The summed E-state index contributed by atoms with van der Waals surface area (Å²) in [6, 6.07) is 6.91. The van der Waals surface area contributed by atoms with Gasteiger partial charge < -0.3 is 24.3 Å². The van der Waals surface area contributed by atoms with Crippen LogP contribution in [0, 0.1) is 5.92 Å². The fraction of sp³-hybridized carbons (Fsp3) is 0.455. The number of nitrogens with one attached hydrogen (secondary N) is 1. The van der Waals surface area contributed by atoms with Crippen molar-refractivity contribution < 1.29 is 27.9 Å². The molecule has 0 spiro atoms. The Morgan fingerprint density at radius 2 is 1.94 bits per heavy atom. The maximum absolute atomic E-state index is 13.7. The monoisotopic (exact) mass is 582 g/mol. The minimum Gasteiger partial charge on any atom is -0.479 e. The van der Waals surface area contributed by atoms with E-state index in [1.54, 1.807) is 44.4 Å². The van der Waals surface area contributed by atoms with E-state index in [1.165, 1.54) is 14.2 Å². The third-order valence-corrected chi connectivity index (χ3v) is 8.14. The van der Waals surface area contributed by atoms with E-state index in [0.29, 0.717) is 22.8 Å². The number of nitrogens with zero attached hydrogens (tertiary/aromatic N) is 4. The first-order valence-electron chi connectivity index (χ1n) is 11.1. The molecule has 194 valence electrons. The van der Waals surface area contributed by atoms with E-state index in [-0.39, 0.29) is 24.5 Å². The number of rotatable bonds is 10. The van der Waals surface area contributed by atoms with Gasteiger partial charge in [0.15, 0.2) is 11.2 Å². The first-order valence-corrected chi connectivity index (χ1v) is 13.5. The number of nitrogens with two attached hydrogens (primary N) is 1. The molecule has 1 saturated carbocycles. The highest BCUT2D eigenvalue weighted by atomic mass is 79.9. The third-order valence-electron chi connectivity index (χ3n) is 5.84. The van der Waals surface area contributed by atoms with Crippen molar-refractivity contribution in [2.24, 2.45) is 5.92 Å². The van der Waals surface area contributed by atoms with E-state index in [9.17, 15) is 9.36 Å². The van der Waals surface area contributed by atoms with Gasteiger partial charge in [0.1, 0.15) is 11.3 Å². The predicted molar refractivity (Wildman–Crippen MR) is 136 cm³/mol. The lowest BCUT2D eigenvalue weighted by molar-refractivity contribution is -0.146. The van der Waals surface area contributed by atoms with Gasteiger partial charge in [0.25, 0.3) is 0 Å². The molecule has 0 bridgehead atoms. The molecule has 12 nitrogen and oxygen atoms in total. The lowest BCUT2D eigenvalue weighted by atomic mass is 9.81. The lowest BCUT2D eigenvalue weighted by Gasteiger charge is -2.37. The Morgan fingerprint density at radius 1 is 1.25 bits per heavy atom. The molecule has 1 aliphatic carbocycles. The summed E-state index contributed by atoms with van der Waals surface area (Å²) in [5.74, 6) is 0.250. The number of esters is 1. The predicted octanol–water partition coefficient (Wildman–Crippen LogP) is 3.88. The van der Waals surface area contributed by atoms with Crippen molar-refractivity contribution in [2.75, 3.05) is 26.6 Å². The van der Waals surface area contributed by atoms with Gasteiger partial charge in [-0.1, -0.05) is 15.9 Å². The number of carbonyl (C=O) groups excluding carboxylic acids is 1. The third kappa shape index (κ3) is 5.64. The summed E-state index contributed by atoms with van der Waals surface area (Å²) in [5.41, 5.74) is 5.63. The van der Waals surface area contributed by atoms with Crippen LogP contribution in [-0.4, -0.2) is 51.9 Å². The maximum atomic E-state index is 13.7. The quantitative estimate of drug-likeness (QED) is 0.264. The van der Waals surface area contributed by atoms with Crippen molar-refractivity contribution in [3.63, 3.8) is 0 Å². The van der Waals surface area contributed by atoms with Crippen molar-refractivity contribution in [2.45, 2.75) is 38.3 Å². The highest BCUT2D eigenvalue weighted by Gasteiger charge is 2.42. The zero-order valence-electron chi connectivity index (χ0n) is 20.3. The van der Waals surface area contributed by atoms with Crippen LogP contribution in [0.2, 0.25) is 0 Å². The fourth-order valence-electron chi connectivity index (χ4n) is 3.94. The molecule has 0 aliphatic heterocycles. The summed E-state index contributed by atoms with van der Waals surface area (Å²) in [5, 5.41) is 2.73. The van der Waals surface area contributed by atoms with Crippen LogP contribution in [0.4, 0.5) is 5.95 Å². The summed E-state index contributed by atoms with van der Waals surface area (Å²) < 4.78 is 38.1. The molecule has 0 saturated heterocycles. The first-order chi connectivity index (χ1) is 17.0. The van der Waals surface area contributed by atoms with Crippen LogP contribution in [0.3, 0.4) is 0 Å². The average molecular weight is 583 g/mol.